The molecule has 1 amide bonds. The average molecular weight is 411 g/mol. The average Bonchev–Trinajstić information content (AvgIpc) is 3.35. The molecule has 6 nitrogen and oxygen atoms in total. The predicted octanol–water partition coefficient (Wildman–Crippen LogP) is 4.79. The number of rotatable bonds is 5. The maximum Gasteiger partial charge on any atom is 0.268 e. The highest BCUT2D eigenvalue weighted by Crippen LogP contribution is 2.28. The van der Waals surface area contributed by atoms with Gasteiger partial charge in [-0.2, -0.15) is 5.10 Å². The van der Waals surface area contributed by atoms with E-state index in [4.69, 9.17) is 16.3 Å². The van der Waals surface area contributed by atoms with Crippen molar-refractivity contribution in [2.75, 3.05) is 7.11 Å². The summed E-state index contributed by atoms with van der Waals surface area (Å²) in [5.41, 5.74) is 2.31. The summed E-state index contributed by atoms with van der Waals surface area (Å²) in [5, 5.41) is 9.08. The summed E-state index contributed by atoms with van der Waals surface area (Å²) in [6.07, 6.45) is 9.90. The summed E-state index contributed by atoms with van der Waals surface area (Å²) in [6, 6.07) is 7.18. The molecule has 0 bridgehead atoms. The van der Waals surface area contributed by atoms with Crippen molar-refractivity contribution in [2.24, 2.45) is 5.92 Å². The zero-order chi connectivity index (χ0) is 20.5. The van der Waals surface area contributed by atoms with Crippen LogP contribution < -0.4 is 5.32 Å². The topological polar surface area (TPSA) is 71.9 Å². The Morgan fingerprint density at radius 1 is 1.38 bits per heavy atom. The van der Waals surface area contributed by atoms with E-state index in [9.17, 15) is 4.79 Å². The molecule has 2 N–H and O–H groups in total. The van der Waals surface area contributed by atoms with E-state index in [1.807, 2.05) is 36.0 Å². The fraction of sp³-hybridized carbons (Fsp3) is 0.273. The molecule has 0 fully saturated rings. The van der Waals surface area contributed by atoms with E-state index < -0.39 is 0 Å². The summed E-state index contributed by atoms with van der Waals surface area (Å²) < 4.78 is 7.26. The van der Waals surface area contributed by atoms with Gasteiger partial charge in [-0.05, 0) is 43.3 Å². The Morgan fingerprint density at radius 2 is 2.21 bits per heavy atom. The molecule has 3 atom stereocenters. The largest absolute Gasteiger partial charge is 0.497 e. The number of hydrogen-bond donors (Lipinski definition) is 2. The molecule has 2 aromatic heterocycles. The fourth-order valence-electron chi connectivity index (χ4n) is 3.51. The van der Waals surface area contributed by atoms with E-state index in [0.717, 1.165) is 22.2 Å². The Bertz CT molecular complexity index is 1110. The van der Waals surface area contributed by atoms with Crippen LogP contribution in [0.2, 0.25) is 5.02 Å². The van der Waals surface area contributed by atoms with Crippen molar-refractivity contribution in [1.29, 1.82) is 0 Å². The lowest BCUT2D eigenvalue weighted by Gasteiger charge is -2.23. The molecule has 4 rings (SSSR count). The normalized spacial score (nSPS) is 19.8. The number of halogens is 1. The number of nitrogens with one attached hydrogen (secondary N) is 2. The third-order valence-electron chi connectivity index (χ3n) is 5.28. The van der Waals surface area contributed by atoms with Crippen LogP contribution in [0.5, 0.6) is 0 Å². The first-order valence-corrected chi connectivity index (χ1v) is 9.89. The van der Waals surface area contributed by atoms with Crippen LogP contribution in [-0.2, 0) is 4.74 Å². The lowest BCUT2D eigenvalue weighted by atomic mass is 9.96. The van der Waals surface area contributed by atoms with Gasteiger partial charge in [-0.1, -0.05) is 24.6 Å². The first kappa shape index (κ1) is 19.3. The molecule has 0 spiro atoms. The molecule has 0 saturated heterocycles. The van der Waals surface area contributed by atoms with E-state index in [2.05, 4.69) is 34.5 Å². The molecule has 3 aromatic rings. The van der Waals surface area contributed by atoms with E-state index in [-0.39, 0.29) is 18.0 Å². The number of amides is 1. The van der Waals surface area contributed by atoms with Crippen molar-refractivity contribution in [2.45, 2.75) is 25.9 Å². The van der Waals surface area contributed by atoms with Crippen LogP contribution in [0.4, 0.5) is 0 Å². The second-order valence-electron chi connectivity index (χ2n) is 7.35. The molecule has 0 saturated carbocycles. The maximum atomic E-state index is 12.7. The predicted molar refractivity (Wildman–Crippen MR) is 114 cm³/mol. The third kappa shape index (κ3) is 3.93. The summed E-state index contributed by atoms with van der Waals surface area (Å²) in [4.78, 5) is 15.8. The van der Waals surface area contributed by atoms with Crippen molar-refractivity contribution in [3.8, 4) is 0 Å². The molecular formula is C22H23ClN4O2. The van der Waals surface area contributed by atoms with Crippen molar-refractivity contribution >= 4 is 28.4 Å². The maximum absolute atomic E-state index is 12.7. The number of nitrogens with zero attached hydrogens (tertiary/aromatic N) is 2. The minimum atomic E-state index is -0.188. The summed E-state index contributed by atoms with van der Waals surface area (Å²) in [7, 11) is 1.66. The Labute approximate surface area is 174 Å². The number of methoxy groups -OCH3 is 1. The number of hydrogen-bond acceptors (Lipinski definition) is 3. The van der Waals surface area contributed by atoms with Gasteiger partial charge in [0.1, 0.15) is 11.5 Å². The molecule has 0 radical (unpaired) electrons. The van der Waals surface area contributed by atoms with Gasteiger partial charge in [0, 0.05) is 33.6 Å². The van der Waals surface area contributed by atoms with Crippen LogP contribution in [0.15, 0.2) is 60.6 Å². The quantitative estimate of drug-likeness (QED) is 0.635. The smallest absolute Gasteiger partial charge is 0.268 e. The second-order valence-corrected chi connectivity index (χ2v) is 7.78. The van der Waals surface area contributed by atoms with Gasteiger partial charge in [-0.3, -0.25) is 9.48 Å². The Morgan fingerprint density at radius 3 is 3.00 bits per heavy atom. The van der Waals surface area contributed by atoms with E-state index >= 15 is 0 Å². The molecule has 1 aromatic carbocycles. The van der Waals surface area contributed by atoms with Crippen LogP contribution in [0.25, 0.3) is 10.9 Å². The van der Waals surface area contributed by atoms with Crippen LogP contribution in [-0.4, -0.2) is 27.8 Å². The summed E-state index contributed by atoms with van der Waals surface area (Å²) in [5.74, 6) is 0.947. The standard InChI is InChI=1S/C22H23ClN4O2/c1-13-4-6-18(29-3)10-21(13)27-12-16(11-24-27)14(2)25-22(28)20-9-15-8-17(23)5-7-19(15)26-20/h4-14,21,26H,1-3H3,(H,25,28). The molecule has 3 unspecified atom stereocenters. The molecule has 7 heteroatoms. The minimum Gasteiger partial charge on any atom is -0.497 e. The number of allylic oxidation sites excluding steroid dienone is 3. The van der Waals surface area contributed by atoms with E-state index in [0.29, 0.717) is 16.6 Å². The second kappa shape index (κ2) is 7.79. The van der Waals surface area contributed by atoms with Gasteiger partial charge in [0.15, 0.2) is 0 Å². The van der Waals surface area contributed by atoms with Crippen molar-refractivity contribution in [1.82, 2.24) is 20.1 Å². The van der Waals surface area contributed by atoms with Crippen molar-refractivity contribution in [3.63, 3.8) is 0 Å². The molecule has 1 aliphatic carbocycles. The number of H-pyrrole nitrogens is 1. The molecule has 1 aliphatic rings. The van der Waals surface area contributed by atoms with Gasteiger partial charge < -0.3 is 15.0 Å². The number of carbonyl (C=O) groups excluding carboxylic acids is 1. The number of aromatic amines is 1. The number of ether oxygens (including phenoxy) is 1. The SMILES string of the molecule is COC1=CC(n2cc(C(C)NC(=O)c3cc4cc(Cl)ccc4[nH]3)cn2)C(C)C=C1. The lowest BCUT2D eigenvalue weighted by Crippen LogP contribution is -2.26. The number of benzene rings is 1. The Hall–Kier alpha value is -2.99. The van der Waals surface area contributed by atoms with Gasteiger partial charge in [-0.15, -0.1) is 0 Å². The first-order chi connectivity index (χ1) is 13.9. The summed E-state index contributed by atoms with van der Waals surface area (Å²) in [6.45, 7) is 4.08. The number of aromatic nitrogens is 3. The molecular weight excluding hydrogens is 388 g/mol. The fourth-order valence-corrected chi connectivity index (χ4v) is 3.69. The van der Waals surface area contributed by atoms with Gasteiger partial charge in [-0.25, -0.2) is 0 Å². The summed E-state index contributed by atoms with van der Waals surface area (Å²) >= 11 is 6.03. The van der Waals surface area contributed by atoms with Crippen molar-refractivity contribution < 1.29 is 9.53 Å². The lowest BCUT2D eigenvalue weighted by molar-refractivity contribution is 0.0935. The zero-order valence-corrected chi connectivity index (χ0v) is 17.3. The number of carbonyl (C=O) groups is 1. The first-order valence-electron chi connectivity index (χ1n) is 9.52. The molecule has 0 aliphatic heterocycles. The highest BCUT2D eigenvalue weighted by Gasteiger charge is 2.22. The third-order valence-corrected chi connectivity index (χ3v) is 5.51. The minimum absolute atomic E-state index is 0.0741. The zero-order valence-electron chi connectivity index (χ0n) is 16.5. The number of fused-ring (bicyclic) bond motifs is 1. The Kier molecular flexibility index (Phi) is 5.20. The van der Waals surface area contributed by atoms with Gasteiger partial charge in [0.25, 0.3) is 5.91 Å². The molecule has 150 valence electrons. The van der Waals surface area contributed by atoms with E-state index in [1.54, 1.807) is 25.4 Å². The monoisotopic (exact) mass is 410 g/mol. The van der Waals surface area contributed by atoms with Gasteiger partial charge in [0.05, 0.1) is 25.4 Å². The van der Waals surface area contributed by atoms with Crippen LogP contribution in [0.1, 0.15) is 42.0 Å². The van der Waals surface area contributed by atoms with Crippen LogP contribution >= 0.6 is 11.6 Å². The van der Waals surface area contributed by atoms with Crippen LogP contribution in [0, 0.1) is 5.92 Å². The molecule has 2 heterocycles. The highest BCUT2D eigenvalue weighted by molar-refractivity contribution is 6.31. The van der Waals surface area contributed by atoms with Crippen LogP contribution in [0.3, 0.4) is 0 Å². The Balaban J connectivity index is 1.48. The van der Waals surface area contributed by atoms with Gasteiger partial charge >= 0.3 is 0 Å². The molecule has 29 heavy (non-hydrogen) atoms. The highest BCUT2D eigenvalue weighted by atomic mass is 35.5. The van der Waals surface area contributed by atoms with E-state index in [1.165, 1.54) is 0 Å². The van der Waals surface area contributed by atoms with Gasteiger partial charge in [0.2, 0.25) is 0 Å². The van der Waals surface area contributed by atoms with Crippen molar-refractivity contribution in [3.05, 3.63) is 76.9 Å².